The van der Waals surface area contributed by atoms with Crippen LogP contribution in [-0.4, -0.2) is 0 Å². The van der Waals surface area contributed by atoms with Gasteiger partial charge in [0.1, 0.15) is 0 Å². The lowest BCUT2D eigenvalue weighted by atomic mass is 9.98. The van der Waals surface area contributed by atoms with Crippen molar-refractivity contribution in [2.24, 2.45) is 5.92 Å². The smallest absolute Gasteiger partial charge is 0.000451 e. The molecule has 56 valence electrons. The lowest BCUT2D eigenvalue weighted by Crippen LogP contribution is -1.93. The molecule has 0 spiro atoms. The van der Waals surface area contributed by atoms with Crippen molar-refractivity contribution < 1.29 is 0 Å². The highest BCUT2D eigenvalue weighted by Gasteiger charge is 2.12. The Morgan fingerprint density at radius 3 is 3.27 bits per heavy atom. The zero-order valence-corrected chi connectivity index (χ0v) is 6.75. The summed E-state index contributed by atoms with van der Waals surface area (Å²) in [6.07, 6.45) is 14.4. The van der Waals surface area contributed by atoms with E-state index in [-0.39, 0.29) is 0 Å². The summed E-state index contributed by atoms with van der Waals surface area (Å²) in [5.74, 6) is 0.596. The van der Waals surface area contributed by atoms with Crippen LogP contribution in [0.5, 0.6) is 0 Å². The fourth-order valence-electron chi connectivity index (χ4n) is 1.63. The molecule has 11 heavy (non-hydrogen) atoms. The van der Waals surface area contributed by atoms with Crippen molar-refractivity contribution >= 4 is 0 Å². The van der Waals surface area contributed by atoms with Crippen LogP contribution >= 0.6 is 0 Å². The summed E-state index contributed by atoms with van der Waals surface area (Å²) in [5.41, 5.74) is 2.89. The second-order valence-corrected chi connectivity index (χ2v) is 3.09. The summed E-state index contributed by atoms with van der Waals surface area (Å²) in [5, 5.41) is 0. The maximum Gasteiger partial charge on any atom is -0.000451 e. The van der Waals surface area contributed by atoms with E-state index in [1.54, 1.807) is 0 Å². The van der Waals surface area contributed by atoms with Crippen LogP contribution in [0.3, 0.4) is 0 Å². The Morgan fingerprint density at radius 1 is 1.45 bits per heavy atom. The van der Waals surface area contributed by atoms with Crippen LogP contribution in [-0.2, 0) is 0 Å². The van der Waals surface area contributed by atoms with Gasteiger partial charge in [-0.05, 0) is 23.5 Å². The zero-order chi connectivity index (χ0) is 7.68. The highest BCUT2D eigenvalue weighted by atomic mass is 14.2. The van der Waals surface area contributed by atoms with Crippen LogP contribution in [0.15, 0.2) is 47.6 Å². The van der Waals surface area contributed by atoms with Gasteiger partial charge in [0.15, 0.2) is 0 Å². The molecule has 0 aliphatic heterocycles. The van der Waals surface area contributed by atoms with Crippen LogP contribution in [0, 0.1) is 5.92 Å². The van der Waals surface area contributed by atoms with Gasteiger partial charge in [-0.3, -0.25) is 0 Å². The van der Waals surface area contributed by atoms with Crippen molar-refractivity contribution in [1.82, 2.24) is 0 Å². The third-order valence-corrected chi connectivity index (χ3v) is 2.27. The van der Waals surface area contributed by atoms with Crippen LogP contribution in [0.1, 0.15) is 13.3 Å². The van der Waals surface area contributed by atoms with E-state index in [9.17, 15) is 0 Å². The average Bonchev–Trinajstić information content (AvgIpc) is 2.40. The monoisotopic (exact) mass is 144 g/mol. The molecule has 0 aromatic rings. The Hall–Kier alpha value is -1.04. The molecule has 0 heterocycles. The standard InChI is InChI=1S/C11H12/c1-9-5-2-3-6-10-7-4-8-11(9)10/h2,4-9H,3H2,1H3. The first kappa shape index (κ1) is 6.66. The molecule has 0 N–H and O–H groups in total. The second kappa shape index (κ2) is 2.54. The molecule has 0 aromatic heterocycles. The maximum absolute atomic E-state index is 2.29. The van der Waals surface area contributed by atoms with Crippen LogP contribution in [0.2, 0.25) is 0 Å². The number of allylic oxidation sites excluding steroid dienone is 8. The SMILES string of the molecule is CC1C=CCC=C2C=CC=C21. The first-order chi connectivity index (χ1) is 5.38. The van der Waals surface area contributed by atoms with Gasteiger partial charge < -0.3 is 0 Å². The summed E-state index contributed by atoms with van der Waals surface area (Å²) < 4.78 is 0. The molecule has 0 saturated heterocycles. The molecule has 0 radical (unpaired) electrons. The van der Waals surface area contributed by atoms with Gasteiger partial charge >= 0.3 is 0 Å². The fraction of sp³-hybridized carbons (Fsp3) is 0.273. The van der Waals surface area contributed by atoms with E-state index < -0.39 is 0 Å². The van der Waals surface area contributed by atoms with Crippen molar-refractivity contribution in [2.45, 2.75) is 13.3 Å². The number of hydrogen-bond donors (Lipinski definition) is 0. The Bertz CT molecular complexity index is 274. The third-order valence-electron chi connectivity index (χ3n) is 2.27. The minimum atomic E-state index is 0.596. The highest BCUT2D eigenvalue weighted by Crippen LogP contribution is 2.28. The van der Waals surface area contributed by atoms with E-state index in [0.29, 0.717) is 5.92 Å². The molecule has 1 unspecified atom stereocenters. The van der Waals surface area contributed by atoms with Gasteiger partial charge in [0.25, 0.3) is 0 Å². The Labute approximate surface area is 67.6 Å². The lowest BCUT2D eigenvalue weighted by molar-refractivity contribution is 0.887. The maximum atomic E-state index is 2.29. The third kappa shape index (κ3) is 1.09. The minimum absolute atomic E-state index is 0.596. The van der Waals surface area contributed by atoms with E-state index in [2.05, 4.69) is 43.4 Å². The Morgan fingerprint density at radius 2 is 2.36 bits per heavy atom. The second-order valence-electron chi connectivity index (χ2n) is 3.09. The molecular formula is C11H12. The van der Waals surface area contributed by atoms with Crippen LogP contribution < -0.4 is 0 Å². The van der Waals surface area contributed by atoms with Gasteiger partial charge in [0, 0.05) is 0 Å². The summed E-state index contributed by atoms with van der Waals surface area (Å²) in [6.45, 7) is 2.24. The molecule has 0 fully saturated rings. The van der Waals surface area contributed by atoms with Gasteiger partial charge in [-0.15, -0.1) is 0 Å². The molecule has 1 atom stereocenters. The molecule has 0 saturated carbocycles. The molecule has 2 aliphatic carbocycles. The van der Waals surface area contributed by atoms with Crippen molar-refractivity contribution in [3.63, 3.8) is 0 Å². The van der Waals surface area contributed by atoms with Crippen molar-refractivity contribution in [3.8, 4) is 0 Å². The predicted molar refractivity (Wildman–Crippen MR) is 48.2 cm³/mol. The van der Waals surface area contributed by atoms with Crippen LogP contribution in [0.25, 0.3) is 0 Å². The van der Waals surface area contributed by atoms with Gasteiger partial charge in [-0.1, -0.05) is 43.4 Å². The fourth-order valence-corrected chi connectivity index (χ4v) is 1.63. The van der Waals surface area contributed by atoms with Crippen molar-refractivity contribution in [1.29, 1.82) is 0 Å². The molecule has 0 heteroatoms. The number of hydrogen-bond acceptors (Lipinski definition) is 0. The highest BCUT2D eigenvalue weighted by molar-refractivity contribution is 5.51. The molecule has 0 aromatic carbocycles. The van der Waals surface area contributed by atoms with E-state index in [1.165, 1.54) is 11.1 Å². The number of fused-ring (bicyclic) bond motifs is 1. The quantitative estimate of drug-likeness (QED) is 0.458. The van der Waals surface area contributed by atoms with Gasteiger partial charge in [-0.25, -0.2) is 0 Å². The largest absolute Gasteiger partial charge is 0.0841 e. The lowest BCUT2D eigenvalue weighted by Gasteiger charge is -2.07. The molecule has 0 nitrogen and oxygen atoms in total. The van der Waals surface area contributed by atoms with E-state index in [0.717, 1.165) is 6.42 Å². The normalized spacial score (nSPS) is 27.5. The summed E-state index contributed by atoms with van der Waals surface area (Å²) in [4.78, 5) is 0. The predicted octanol–water partition coefficient (Wildman–Crippen LogP) is 3.01. The first-order valence-electron chi connectivity index (χ1n) is 4.13. The zero-order valence-electron chi connectivity index (χ0n) is 6.75. The Balaban J connectivity index is 2.39. The van der Waals surface area contributed by atoms with Crippen molar-refractivity contribution in [2.75, 3.05) is 0 Å². The van der Waals surface area contributed by atoms with Crippen molar-refractivity contribution in [3.05, 3.63) is 47.6 Å². The summed E-state index contributed by atoms with van der Waals surface area (Å²) in [7, 11) is 0. The summed E-state index contributed by atoms with van der Waals surface area (Å²) in [6, 6.07) is 0. The molecule has 2 rings (SSSR count). The van der Waals surface area contributed by atoms with E-state index in [4.69, 9.17) is 0 Å². The van der Waals surface area contributed by atoms with Gasteiger partial charge in [-0.2, -0.15) is 0 Å². The average molecular weight is 144 g/mol. The topological polar surface area (TPSA) is 0 Å². The molecule has 0 amide bonds. The molecule has 2 aliphatic rings. The van der Waals surface area contributed by atoms with Crippen LogP contribution in [0.4, 0.5) is 0 Å². The molecule has 0 bridgehead atoms. The van der Waals surface area contributed by atoms with E-state index in [1.807, 2.05) is 0 Å². The first-order valence-corrected chi connectivity index (χ1v) is 4.13. The van der Waals surface area contributed by atoms with Gasteiger partial charge in [0.05, 0.1) is 0 Å². The van der Waals surface area contributed by atoms with Gasteiger partial charge in [0.2, 0.25) is 0 Å². The van der Waals surface area contributed by atoms with E-state index >= 15 is 0 Å². The number of rotatable bonds is 0. The molecular weight excluding hydrogens is 132 g/mol. The minimum Gasteiger partial charge on any atom is -0.0841 e. The summed E-state index contributed by atoms with van der Waals surface area (Å²) >= 11 is 0. The Kier molecular flexibility index (Phi) is 1.54.